The fourth-order valence-electron chi connectivity index (χ4n) is 2.23. The lowest BCUT2D eigenvalue weighted by atomic mass is 10.1. The minimum atomic E-state index is 0.295. The number of methoxy groups -OCH3 is 1. The van der Waals surface area contributed by atoms with Gasteiger partial charge < -0.3 is 9.64 Å². The van der Waals surface area contributed by atoms with Gasteiger partial charge in [0.05, 0.1) is 6.10 Å². The van der Waals surface area contributed by atoms with Gasteiger partial charge in [-0.25, -0.2) is 9.97 Å². The Morgan fingerprint density at radius 3 is 2.82 bits per heavy atom. The van der Waals surface area contributed by atoms with Gasteiger partial charge in [0, 0.05) is 25.8 Å². The summed E-state index contributed by atoms with van der Waals surface area (Å²) in [5.41, 5.74) is 1.03. The number of halogens is 1. The van der Waals surface area contributed by atoms with Crippen LogP contribution in [0.4, 0.5) is 5.82 Å². The van der Waals surface area contributed by atoms with Crippen LogP contribution in [0, 0.1) is 0 Å². The van der Waals surface area contributed by atoms with E-state index in [2.05, 4.69) is 28.7 Å². The first-order chi connectivity index (χ1) is 8.13. The van der Waals surface area contributed by atoms with Crippen molar-refractivity contribution < 1.29 is 4.74 Å². The molecule has 1 unspecified atom stereocenters. The third kappa shape index (κ3) is 2.53. The van der Waals surface area contributed by atoms with Gasteiger partial charge in [-0.2, -0.15) is 0 Å². The van der Waals surface area contributed by atoms with Crippen molar-refractivity contribution in [3.8, 4) is 0 Å². The van der Waals surface area contributed by atoms with Crippen LogP contribution in [-0.2, 0) is 4.74 Å². The molecule has 94 valence electrons. The van der Waals surface area contributed by atoms with Gasteiger partial charge in [0.25, 0.3) is 0 Å². The second kappa shape index (κ2) is 5.19. The topological polar surface area (TPSA) is 38.2 Å². The average molecular weight is 256 g/mol. The summed E-state index contributed by atoms with van der Waals surface area (Å²) < 4.78 is 5.38. The zero-order valence-electron chi connectivity index (χ0n) is 10.5. The third-order valence-corrected chi connectivity index (χ3v) is 3.47. The SMILES string of the molecule is COC1CCN(c2ncnc(Cl)c2C(C)C)C1. The van der Waals surface area contributed by atoms with Gasteiger partial charge in [0.15, 0.2) is 0 Å². The van der Waals surface area contributed by atoms with Gasteiger partial charge in [-0.15, -0.1) is 0 Å². The van der Waals surface area contributed by atoms with E-state index in [4.69, 9.17) is 16.3 Å². The molecule has 0 saturated carbocycles. The van der Waals surface area contributed by atoms with Crippen molar-refractivity contribution in [2.24, 2.45) is 0 Å². The lowest BCUT2D eigenvalue weighted by Crippen LogP contribution is -2.25. The van der Waals surface area contributed by atoms with Gasteiger partial charge in [-0.05, 0) is 12.3 Å². The molecule has 2 heterocycles. The summed E-state index contributed by atoms with van der Waals surface area (Å²) in [6.07, 6.45) is 2.86. The highest BCUT2D eigenvalue weighted by Gasteiger charge is 2.26. The van der Waals surface area contributed by atoms with Crippen molar-refractivity contribution in [1.29, 1.82) is 0 Å². The van der Waals surface area contributed by atoms with Crippen molar-refractivity contribution in [2.75, 3.05) is 25.1 Å². The van der Waals surface area contributed by atoms with E-state index in [-0.39, 0.29) is 0 Å². The first kappa shape index (κ1) is 12.6. The molecule has 0 N–H and O–H groups in total. The molecule has 0 amide bonds. The van der Waals surface area contributed by atoms with Gasteiger partial charge in [-0.1, -0.05) is 25.4 Å². The number of anilines is 1. The zero-order valence-corrected chi connectivity index (χ0v) is 11.2. The normalized spacial score (nSPS) is 20.3. The van der Waals surface area contributed by atoms with Crippen LogP contribution in [0.25, 0.3) is 0 Å². The second-order valence-electron chi connectivity index (χ2n) is 4.65. The van der Waals surface area contributed by atoms with E-state index >= 15 is 0 Å². The van der Waals surface area contributed by atoms with Crippen molar-refractivity contribution in [3.63, 3.8) is 0 Å². The molecule has 5 heteroatoms. The summed E-state index contributed by atoms with van der Waals surface area (Å²) in [5.74, 6) is 1.28. The van der Waals surface area contributed by atoms with E-state index in [1.54, 1.807) is 7.11 Å². The maximum absolute atomic E-state index is 6.16. The van der Waals surface area contributed by atoms with E-state index in [0.717, 1.165) is 30.9 Å². The van der Waals surface area contributed by atoms with Crippen molar-refractivity contribution >= 4 is 17.4 Å². The third-order valence-electron chi connectivity index (χ3n) is 3.17. The highest BCUT2D eigenvalue weighted by atomic mass is 35.5. The molecule has 2 rings (SSSR count). The molecule has 1 aliphatic rings. The Bertz CT molecular complexity index is 397. The first-order valence-electron chi connectivity index (χ1n) is 5.91. The fourth-order valence-corrected chi connectivity index (χ4v) is 2.57. The minimum Gasteiger partial charge on any atom is -0.380 e. The van der Waals surface area contributed by atoms with Crippen molar-refractivity contribution in [1.82, 2.24) is 9.97 Å². The maximum Gasteiger partial charge on any atom is 0.138 e. The molecule has 1 atom stereocenters. The number of ether oxygens (including phenoxy) is 1. The highest BCUT2D eigenvalue weighted by molar-refractivity contribution is 6.30. The molecular weight excluding hydrogens is 238 g/mol. The van der Waals surface area contributed by atoms with Crippen LogP contribution < -0.4 is 4.90 Å². The van der Waals surface area contributed by atoms with Gasteiger partial charge in [-0.3, -0.25) is 0 Å². The van der Waals surface area contributed by atoms with E-state index in [0.29, 0.717) is 17.2 Å². The number of hydrogen-bond acceptors (Lipinski definition) is 4. The fraction of sp³-hybridized carbons (Fsp3) is 0.667. The number of aromatic nitrogens is 2. The Labute approximate surface area is 107 Å². The summed E-state index contributed by atoms with van der Waals surface area (Å²) in [5, 5.41) is 0.561. The molecule has 0 radical (unpaired) electrons. The largest absolute Gasteiger partial charge is 0.380 e. The molecule has 1 aromatic rings. The maximum atomic E-state index is 6.16. The number of hydrogen-bond donors (Lipinski definition) is 0. The van der Waals surface area contributed by atoms with E-state index in [9.17, 15) is 0 Å². The van der Waals surface area contributed by atoms with Gasteiger partial charge in [0.1, 0.15) is 17.3 Å². The van der Waals surface area contributed by atoms with E-state index in [1.165, 1.54) is 6.33 Å². The summed E-state index contributed by atoms with van der Waals surface area (Å²) in [4.78, 5) is 10.7. The Hall–Kier alpha value is -0.870. The second-order valence-corrected chi connectivity index (χ2v) is 5.01. The first-order valence-corrected chi connectivity index (χ1v) is 6.29. The van der Waals surface area contributed by atoms with Gasteiger partial charge >= 0.3 is 0 Å². The molecule has 1 saturated heterocycles. The Balaban J connectivity index is 2.29. The monoisotopic (exact) mass is 255 g/mol. The summed E-state index contributed by atoms with van der Waals surface area (Å²) in [6.45, 7) is 6.06. The molecule has 0 aromatic carbocycles. The standard InChI is InChI=1S/C12H18ClN3O/c1-8(2)10-11(13)14-7-15-12(10)16-5-4-9(6-16)17-3/h7-9H,4-6H2,1-3H3. The van der Waals surface area contributed by atoms with Crippen LogP contribution in [0.15, 0.2) is 6.33 Å². The number of rotatable bonds is 3. The minimum absolute atomic E-state index is 0.295. The number of nitrogens with zero attached hydrogens (tertiary/aromatic N) is 3. The van der Waals surface area contributed by atoms with Crippen LogP contribution in [-0.4, -0.2) is 36.3 Å². The van der Waals surface area contributed by atoms with E-state index in [1.807, 2.05) is 0 Å². The zero-order chi connectivity index (χ0) is 12.4. The predicted molar refractivity (Wildman–Crippen MR) is 68.8 cm³/mol. The van der Waals surface area contributed by atoms with Crippen LogP contribution in [0.1, 0.15) is 31.7 Å². The molecule has 0 bridgehead atoms. The molecule has 0 aliphatic carbocycles. The van der Waals surface area contributed by atoms with Crippen molar-refractivity contribution in [2.45, 2.75) is 32.3 Å². The average Bonchev–Trinajstić information content (AvgIpc) is 2.76. The lowest BCUT2D eigenvalue weighted by Gasteiger charge is -2.22. The highest BCUT2D eigenvalue weighted by Crippen LogP contribution is 2.32. The molecule has 0 spiro atoms. The van der Waals surface area contributed by atoms with Crippen LogP contribution in [0.2, 0.25) is 5.15 Å². The summed E-state index contributed by atoms with van der Waals surface area (Å²) in [7, 11) is 1.75. The van der Waals surface area contributed by atoms with Gasteiger partial charge in [0.2, 0.25) is 0 Å². The smallest absolute Gasteiger partial charge is 0.138 e. The van der Waals surface area contributed by atoms with Crippen LogP contribution >= 0.6 is 11.6 Å². The molecule has 4 nitrogen and oxygen atoms in total. The quantitative estimate of drug-likeness (QED) is 0.778. The Kier molecular flexibility index (Phi) is 3.84. The Morgan fingerprint density at radius 1 is 1.47 bits per heavy atom. The predicted octanol–water partition coefficient (Wildman–Crippen LogP) is 2.48. The molecule has 1 aliphatic heterocycles. The lowest BCUT2D eigenvalue weighted by molar-refractivity contribution is 0.121. The molecule has 1 aromatic heterocycles. The molecule has 1 fully saturated rings. The Morgan fingerprint density at radius 2 is 2.24 bits per heavy atom. The van der Waals surface area contributed by atoms with E-state index < -0.39 is 0 Å². The molecule has 17 heavy (non-hydrogen) atoms. The van der Waals surface area contributed by atoms with Crippen LogP contribution in [0.5, 0.6) is 0 Å². The molecular formula is C12H18ClN3O. The van der Waals surface area contributed by atoms with Crippen LogP contribution in [0.3, 0.4) is 0 Å². The van der Waals surface area contributed by atoms with Crippen molar-refractivity contribution in [3.05, 3.63) is 17.0 Å². The summed E-state index contributed by atoms with van der Waals surface area (Å²) >= 11 is 6.16. The summed E-state index contributed by atoms with van der Waals surface area (Å²) in [6, 6.07) is 0.